The zero-order chi connectivity index (χ0) is 23.0. The first-order valence-electron chi connectivity index (χ1n) is 10.4. The third kappa shape index (κ3) is 5.68. The molecule has 8 heteroatoms. The quantitative estimate of drug-likeness (QED) is 0.394. The number of benzene rings is 3. The maximum atomic E-state index is 12.2. The molecule has 0 aliphatic rings. The molecule has 8 nitrogen and oxygen atoms in total. The molecule has 33 heavy (non-hydrogen) atoms. The summed E-state index contributed by atoms with van der Waals surface area (Å²) in [5, 5.41) is 6.83. The van der Waals surface area contributed by atoms with Crippen LogP contribution in [-0.2, 0) is 4.79 Å². The van der Waals surface area contributed by atoms with Crippen LogP contribution in [0.25, 0.3) is 22.8 Å². The van der Waals surface area contributed by atoms with E-state index in [1.165, 1.54) is 0 Å². The molecule has 0 atom stereocenters. The summed E-state index contributed by atoms with van der Waals surface area (Å²) in [6.45, 7) is 2.36. The molecule has 1 amide bonds. The summed E-state index contributed by atoms with van der Waals surface area (Å²) in [6.07, 6.45) is 0. The molecule has 4 rings (SSSR count). The Hall–Kier alpha value is -4.33. The lowest BCUT2D eigenvalue weighted by Gasteiger charge is -2.09. The number of rotatable bonds is 9. The van der Waals surface area contributed by atoms with Crippen LogP contribution in [-0.4, -0.2) is 36.4 Å². The van der Waals surface area contributed by atoms with E-state index < -0.39 is 0 Å². The fraction of sp³-hybridized carbons (Fsp3) is 0.160. The highest BCUT2D eigenvalue weighted by molar-refractivity contribution is 5.91. The first-order valence-corrected chi connectivity index (χ1v) is 10.4. The van der Waals surface area contributed by atoms with Gasteiger partial charge >= 0.3 is 0 Å². The van der Waals surface area contributed by atoms with Crippen LogP contribution in [0.4, 0.5) is 5.69 Å². The van der Waals surface area contributed by atoms with E-state index in [9.17, 15) is 4.79 Å². The molecule has 0 aliphatic carbocycles. The number of methoxy groups -OCH3 is 1. The Morgan fingerprint density at radius 2 is 1.67 bits per heavy atom. The van der Waals surface area contributed by atoms with Gasteiger partial charge in [-0.1, -0.05) is 11.2 Å². The molecule has 0 radical (unpaired) electrons. The summed E-state index contributed by atoms with van der Waals surface area (Å²) < 4.78 is 21.6. The first-order chi connectivity index (χ1) is 16.1. The predicted octanol–water partition coefficient (Wildman–Crippen LogP) is 4.83. The Morgan fingerprint density at radius 1 is 0.909 bits per heavy atom. The van der Waals surface area contributed by atoms with Gasteiger partial charge in [0, 0.05) is 16.8 Å². The third-order valence-corrected chi connectivity index (χ3v) is 4.67. The van der Waals surface area contributed by atoms with E-state index in [-0.39, 0.29) is 12.5 Å². The highest BCUT2D eigenvalue weighted by Gasteiger charge is 2.12. The number of nitrogens with zero attached hydrogens (tertiary/aromatic N) is 2. The zero-order valence-electron chi connectivity index (χ0n) is 18.3. The van der Waals surface area contributed by atoms with Gasteiger partial charge in [0.15, 0.2) is 6.61 Å². The molecular weight excluding hydrogens is 422 g/mol. The molecule has 3 aromatic carbocycles. The minimum atomic E-state index is -0.274. The number of nitrogens with one attached hydrogen (secondary N) is 1. The van der Waals surface area contributed by atoms with E-state index in [2.05, 4.69) is 15.5 Å². The molecule has 168 valence electrons. The summed E-state index contributed by atoms with van der Waals surface area (Å²) in [7, 11) is 1.61. The number of hydrogen-bond donors (Lipinski definition) is 1. The third-order valence-electron chi connectivity index (χ3n) is 4.67. The number of carbonyl (C=O) groups is 1. The number of carbonyl (C=O) groups excluding carboxylic acids is 1. The van der Waals surface area contributed by atoms with Crippen LogP contribution in [0.5, 0.6) is 17.2 Å². The van der Waals surface area contributed by atoms with Crippen molar-refractivity contribution >= 4 is 11.6 Å². The van der Waals surface area contributed by atoms with Gasteiger partial charge in [0.2, 0.25) is 5.82 Å². The van der Waals surface area contributed by atoms with Gasteiger partial charge in [-0.05, 0) is 73.7 Å². The Labute approximate surface area is 191 Å². The molecule has 0 bridgehead atoms. The highest BCUT2D eigenvalue weighted by Crippen LogP contribution is 2.26. The van der Waals surface area contributed by atoms with E-state index in [1.54, 1.807) is 49.6 Å². The van der Waals surface area contributed by atoms with Crippen molar-refractivity contribution < 1.29 is 23.5 Å². The van der Waals surface area contributed by atoms with E-state index in [0.717, 1.165) is 17.1 Å². The van der Waals surface area contributed by atoms with Crippen molar-refractivity contribution in [2.75, 3.05) is 25.6 Å². The smallest absolute Gasteiger partial charge is 0.262 e. The Balaban J connectivity index is 1.37. The van der Waals surface area contributed by atoms with Crippen molar-refractivity contribution in [1.29, 1.82) is 0 Å². The molecule has 0 fully saturated rings. The maximum Gasteiger partial charge on any atom is 0.262 e. The van der Waals surface area contributed by atoms with Gasteiger partial charge < -0.3 is 24.1 Å². The SMILES string of the molecule is CCOc1ccc(NC(=O)COc2cccc(-c3nc(-c4ccc(OC)cc4)no3)c2)cc1. The first kappa shape index (κ1) is 21.9. The lowest BCUT2D eigenvalue weighted by atomic mass is 10.2. The van der Waals surface area contributed by atoms with Crippen molar-refractivity contribution in [3.63, 3.8) is 0 Å². The molecule has 0 spiro atoms. The van der Waals surface area contributed by atoms with Gasteiger partial charge in [-0.3, -0.25) is 4.79 Å². The van der Waals surface area contributed by atoms with Gasteiger partial charge in [0.1, 0.15) is 17.2 Å². The van der Waals surface area contributed by atoms with Crippen molar-refractivity contribution in [1.82, 2.24) is 10.1 Å². The minimum absolute atomic E-state index is 0.141. The molecule has 4 aromatic rings. The predicted molar refractivity (Wildman–Crippen MR) is 123 cm³/mol. The van der Waals surface area contributed by atoms with Crippen molar-refractivity contribution in [3.05, 3.63) is 72.8 Å². The molecule has 0 saturated carbocycles. The Kier molecular flexibility index (Phi) is 6.84. The van der Waals surface area contributed by atoms with Crippen LogP contribution in [0.15, 0.2) is 77.3 Å². The van der Waals surface area contributed by atoms with Crippen LogP contribution in [0.3, 0.4) is 0 Å². The van der Waals surface area contributed by atoms with Crippen molar-refractivity contribution in [2.24, 2.45) is 0 Å². The minimum Gasteiger partial charge on any atom is -0.497 e. The fourth-order valence-electron chi connectivity index (χ4n) is 3.06. The molecule has 0 saturated heterocycles. The maximum absolute atomic E-state index is 12.2. The average molecular weight is 445 g/mol. The van der Waals surface area contributed by atoms with Crippen LogP contribution < -0.4 is 19.5 Å². The molecule has 1 heterocycles. The lowest BCUT2D eigenvalue weighted by Crippen LogP contribution is -2.20. The van der Waals surface area contributed by atoms with E-state index in [1.807, 2.05) is 37.3 Å². The number of hydrogen-bond acceptors (Lipinski definition) is 7. The van der Waals surface area contributed by atoms with Gasteiger partial charge in [0.25, 0.3) is 11.8 Å². The summed E-state index contributed by atoms with van der Waals surface area (Å²) in [4.78, 5) is 16.7. The standard InChI is InChI=1S/C25H23N3O5/c1-3-31-21-13-9-19(10-14-21)26-23(29)16-32-22-6-4-5-18(15-22)25-27-24(28-33-25)17-7-11-20(30-2)12-8-17/h4-15H,3,16H2,1-2H3,(H,26,29). The normalized spacial score (nSPS) is 10.5. The zero-order valence-corrected chi connectivity index (χ0v) is 18.3. The van der Waals surface area contributed by atoms with Gasteiger partial charge in [-0.2, -0.15) is 4.98 Å². The van der Waals surface area contributed by atoms with Crippen LogP contribution in [0.2, 0.25) is 0 Å². The topological polar surface area (TPSA) is 95.7 Å². The second kappa shape index (κ2) is 10.3. The van der Waals surface area contributed by atoms with Gasteiger partial charge in [0.05, 0.1) is 13.7 Å². The van der Waals surface area contributed by atoms with Crippen LogP contribution >= 0.6 is 0 Å². The monoisotopic (exact) mass is 445 g/mol. The Morgan fingerprint density at radius 3 is 2.39 bits per heavy atom. The fourth-order valence-corrected chi connectivity index (χ4v) is 3.06. The summed E-state index contributed by atoms with van der Waals surface area (Å²) >= 11 is 0. The van der Waals surface area contributed by atoms with Gasteiger partial charge in [-0.15, -0.1) is 0 Å². The average Bonchev–Trinajstić information content (AvgIpc) is 3.35. The van der Waals surface area contributed by atoms with E-state index in [0.29, 0.717) is 35.3 Å². The van der Waals surface area contributed by atoms with Crippen LogP contribution in [0, 0.1) is 0 Å². The number of anilines is 1. The second-order valence-corrected chi connectivity index (χ2v) is 6.97. The largest absolute Gasteiger partial charge is 0.497 e. The van der Waals surface area contributed by atoms with E-state index in [4.69, 9.17) is 18.7 Å². The molecule has 1 N–H and O–H groups in total. The summed E-state index contributed by atoms with van der Waals surface area (Å²) in [5.41, 5.74) is 2.16. The highest BCUT2D eigenvalue weighted by atomic mass is 16.5. The van der Waals surface area contributed by atoms with Crippen LogP contribution in [0.1, 0.15) is 6.92 Å². The number of aromatic nitrogens is 2. The summed E-state index contributed by atoms with van der Waals surface area (Å²) in [5.74, 6) is 2.56. The molecule has 0 aliphatic heterocycles. The van der Waals surface area contributed by atoms with Gasteiger partial charge in [-0.25, -0.2) is 0 Å². The second-order valence-electron chi connectivity index (χ2n) is 6.97. The van der Waals surface area contributed by atoms with E-state index >= 15 is 0 Å². The Bertz CT molecular complexity index is 1200. The molecule has 0 unspecified atom stereocenters. The van der Waals surface area contributed by atoms with Crippen molar-refractivity contribution in [2.45, 2.75) is 6.92 Å². The molecule has 1 aromatic heterocycles. The lowest BCUT2D eigenvalue weighted by molar-refractivity contribution is -0.118. The number of amides is 1. The van der Waals surface area contributed by atoms with Crippen molar-refractivity contribution in [3.8, 4) is 40.1 Å². The summed E-state index contributed by atoms with van der Waals surface area (Å²) in [6, 6.07) is 21.7. The molecular formula is C25H23N3O5. The number of ether oxygens (including phenoxy) is 3.